The van der Waals surface area contributed by atoms with E-state index in [0.717, 1.165) is 6.42 Å². The molecule has 0 spiro atoms. The standard InChI is InChI=1S/C8H9.CH2O3.K/c1-2-8-6-4-3-5-7-8;2-1(3)4;/h3-7H,1-2H2;(H2,2,3,4);/q-1;;+1. The van der Waals surface area contributed by atoms with Crippen molar-refractivity contribution in [1.82, 2.24) is 0 Å². The van der Waals surface area contributed by atoms with Crippen LogP contribution >= 0.6 is 0 Å². The maximum atomic E-state index is 8.56. The largest absolute Gasteiger partial charge is 1.00 e. The van der Waals surface area contributed by atoms with Crippen LogP contribution in [0, 0.1) is 6.92 Å². The van der Waals surface area contributed by atoms with Gasteiger partial charge >= 0.3 is 57.5 Å². The first-order valence-corrected chi connectivity index (χ1v) is 3.42. The Bertz CT molecular complexity index is 220. The average Bonchev–Trinajstić information content (AvgIpc) is 2.05. The number of carbonyl (C=O) groups is 1. The van der Waals surface area contributed by atoms with Crippen molar-refractivity contribution in [2.45, 2.75) is 6.42 Å². The van der Waals surface area contributed by atoms with Crippen LogP contribution in [0.3, 0.4) is 0 Å². The quantitative estimate of drug-likeness (QED) is 0.471. The second-order valence-electron chi connectivity index (χ2n) is 2.02. The molecule has 0 amide bonds. The maximum Gasteiger partial charge on any atom is 1.00 e. The Morgan fingerprint density at radius 2 is 1.62 bits per heavy atom. The van der Waals surface area contributed by atoms with Gasteiger partial charge in [-0.05, 0) is 0 Å². The van der Waals surface area contributed by atoms with Gasteiger partial charge < -0.3 is 17.1 Å². The Hall–Kier alpha value is 0.126. The normalized spacial score (nSPS) is 7.46. The zero-order chi connectivity index (χ0) is 9.40. The summed E-state index contributed by atoms with van der Waals surface area (Å²) in [4.78, 5) is 8.56. The van der Waals surface area contributed by atoms with E-state index in [0.29, 0.717) is 0 Å². The molecular formula is C9H11KO3. The molecule has 0 atom stereocenters. The van der Waals surface area contributed by atoms with E-state index >= 15 is 0 Å². The van der Waals surface area contributed by atoms with Gasteiger partial charge in [-0.25, -0.2) is 4.79 Å². The van der Waals surface area contributed by atoms with E-state index in [1.165, 1.54) is 5.56 Å². The predicted octanol–water partition coefficient (Wildman–Crippen LogP) is -0.710. The van der Waals surface area contributed by atoms with Crippen LogP contribution in [-0.4, -0.2) is 16.4 Å². The van der Waals surface area contributed by atoms with Crippen LogP contribution in [0.25, 0.3) is 0 Å². The minimum absolute atomic E-state index is 0. The van der Waals surface area contributed by atoms with Crippen LogP contribution in [0.2, 0.25) is 0 Å². The number of hydrogen-bond donors (Lipinski definition) is 2. The number of benzene rings is 1. The van der Waals surface area contributed by atoms with Crippen molar-refractivity contribution in [1.29, 1.82) is 0 Å². The minimum Gasteiger partial charge on any atom is -0.450 e. The molecule has 13 heavy (non-hydrogen) atoms. The summed E-state index contributed by atoms with van der Waals surface area (Å²) in [7, 11) is 0. The fourth-order valence-corrected chi connectivity index (χ4v) is 0.645. The summed E-state index contributed by atoms with van der Waals surface area (Å²) in [6.45, 7) is 3.76. The number of rotatable bonds is 1. The Balaban J connectivity index is 0. The van der Waals surface area contributed by atoms with Crippen LogP contribution in [0.5, 0.6) is 0 Å². The molecule has 4 heteroatoms. The van der Waals surface area contributed by atoms with Crippen LogP contribution in [0.15, 0.2) is 30.3 Å². The van der Waals surface area contributed by atoms with Crippen LogP contribution in [0.4, 0.5) is 4.79 Å². The third-order valence-corrected chi connectivity index (χ3v) is 1.13. The molecule has 0 aliphatic rings. The fraction of sp³-hybridized carbons (Fsp3) is 0.111. The summed E-state index contributed by atoms with van der Waals surface area (Å²) < 4.78 is 0. The van der Waals surface area contributed by atoms with Gasteiger partial charge in [0.25, 0.3) is 0 Å². The van der Waals surface area contributed by atoms with Crippen molar-refractivity contribution in [3.8, 4) is 0 Å². The zero-order valence-electron chi connectivity index (χ0n) is 7.60. The molecule has 0 unspecified atom stereocenters. The summed E-state index contributed by atoms with van der Waals surface area (Å²) in [6, 6.07) is 10.2. The molecule has 1 aromatic carbocycles. The van der Waals surface area contributed by atoms with E-state index in [2.05, 4.69) is 19.1 Å². The SMILES string of the molecule is O=C(O)O.[CH2-]Cc1ccccc1.[K+]. The minimum atomic E-state index is -1.83. The van der Waals surface area contributed by atoms with Crippen molar-refractivity contribution in [3.05, 3.63) is 42.8 Å². The molecule has 0 bridgehead atoms. The molecule has 3 nitrogen and oxygen atoms in total. The van der Waals surface area contributed by atoms with Crippen molar-refractivity contribution in [2.75, 3.05) is 0 Å². The van der Waals surface area contributed by atoms with Gasteiger partial charge in [-0.15, -0.1) is 0 Å². The van der Waals surface area contributed by atoms with Gasteiger partial charge in [0.1, 0.15) is 0 Å². The van der Waals surface area contributed by atoms with Crippen molar-refractivity contribution in [2.24, 2.45) is 0 Å². The second kappa shape index (κ2) is 10.2. The maximum absolute atomic E-state index is 8.56. The van der Waals surface area contributed by atoms with E-state index in [-0.39, 0.29) is 51.4 Å². The molecular weight excluding hydrogens is 195 g/mol. The fourth-order valence-electron chi connectivity index (χ4n) is 0.645. The molecule has 0 heterocycles. The Labute approximate surface area is 120 Å². The third kappa shape index (κ3) is 12.1. The van der Waals surface area contributed by atoms with Gasteiger partial charge in [0, 0.05) is 0 Å². The van der Waals surface area contributed by atoms with E-state index in [1.54, 1.807) is 0 Å². The summed E-state index contributed by atoms with van der Waals surface area (Å²) in [5.41, 5.74) is 1.30. The van der Waals surface area contributed by atoms with E-state index in [1.807, 2.05) is 18.2 Å². The van der Waals surface area contributed by atoms with E-state index in [4.69, 9.17) is 15.0 Å². The van der Waals surface area contributed by atoms with Crippen molar-refractivity contribution in [3.63, 3.8) is 0 Å². The molecule has 0 aliphatic carbocycles. The van der Waals surface area contributed by atoms with Gasteiger partial charge in [0.15, 0.2) is 0 Å². The van der Waals surface area contributed by atoms with Gasteiger partial charge in [-0.3, -0.25) is 0 Å². The summed E-state index contributed by atoms with van der Waals surface area (Å²) in [6.07, 6.45) is -0.944. The predicted molar refractivity (Wildman–Crippen MR) is 46.2 cm³/mol. The second-order valence-corrected chi connectivity index (χ2v) is 2.02. The molecule has 2 N–H and O–H groups in total. The first-order chi connectivity index (χ1) is 5.66. The molecule has 0 fully saturated rings. The first kappa shape index (κ1) is 15.6. The smallest absolute Gasteiger partial charge is 0.450 e. The Kier molecular flexibility index (Phi) is 12.2. The van der Waals surface area contributed by atoms with Gasteiger partial charge in [-0.1, -0.05) is 35.9 Å². The van der Waals surface area contributed by atoms with Gasteiger partial charge in [-0.2, -0.15) is 6.42 Å². The van der Waals surface area contributed by atoms with Crippen molar-refractivity contribution >= 4 is 6.16 Å². The summed E-state index contributed by atoms with van der Waals surface area (Å²) in [5, 5.41) is 13.9. The molecule has 0 radical (unpaired) electrons. The average molecular weight is 206 g/mol. The molecule has 0 aliphatic heterocycles. The number of hydrogen-bond acceptors (Lipinski definition) is 1. The summed E-state index contributed by atoms with van der Waals surface area (Å²) in [5.74, 6) is 0. The molecule has 0 saturated carbocycles. The van der Waals surface area contributed by atoms with Gasteiger partial charge in [0.2, 0.25) is 0 Å². The van der Waals surface area contributed by atoms with Gasteiger partial charge in [0.05, 0.1) is 0 Å². The first-order valence-electron chi connectivity index (χ1n) is 3.42. The molecule has 0 saturated heterocycles. The third-order valence-electron chi connectivity index (χ3n) is 1.13. The van der Waals surface area contributed by atoms with Crippen LogP contribution in [-0.2, 0) is 6.42 Å². The monoisotopic (exact) mass is 206 g/mol. The molecule has 66 valence electrons. The van der Waals surface area contributed by atoms with E-state index < -0.39 is 6.16 Å². The van der Waals surface area contributed by atoms with E-state index in [9.17, 15) is 0 Å². The zero-order valence-corrected chi connectivity index (χ0v) is 10.7. The van der Waals surface area contributed by atoms with Crippen LogP contribution in [0.1, 0.15) is 5.56 Å². The van der Waals surface area contributed by atoms with Crippen molar-refractivity contribution < 1.29 is 66.4 Å². The molecule has 1 aromatic rings. The Morgan fingerprint density at radius 1 is 1.23 bits per heavy atom. The van der Waals surface area contributed by atoms with Crippen LogP contribution < -0.4 is 51.4 Å². The summed E-state index contributed by atoms with van der Waals surface area (Å²) >= 11 is 0. The Morgan fingerprint density at radius 3 is 1.85 bits per heavy atom. The molecule has 1 rings (SSSR count). The topological polar surface area (TPSA) is 57.5 Å². The molecule has 0 aromatic heterocycles. The number of carboxylic acid groups (broad SMARTS) is 2.